The first-order valence-corrected chi connectivity index (χ1v) is 6.51. The molecule has 0 fully saturated rings. The number of aromatic nitrogens is 2. The number of nitrogens with two attached hydrogens (primary N) is 2. The maximum Gasteiger partial charge on any atom is 0.246 e. The Balaban J connectivity index is 2.17. The Labute approximate surface area is 125 Å². The number of fused-ring (bicyclic) bond motifs is 1. The van der Waals surface area contributed by atoms with Gasteiger partial charge in [-0.05, 0) is 30.3 Å². The van der Waals surface area contributed by atoms with Gasteiger partial charge in [-0.2, -0.15) is 9.89 Å². The van der Waals surface area contributed by atoms with Crippen LogP contribution in [-0.4, -0.2) is 9.89 Å². The van der Waals surface area contributed by atoms with Gasteiger partial charge in [-0.15, -0.1) is 5.10 Å². The molecule has 0 aliphatic heterocycles. The minimum absolute atomic E-state index is 0.364. The van der Waals surface area contributed by atoms with E-state index in [4.69, 9.17) is 28.0 Å². The van der Waals surface area contributed by atoms with Crippen molar-refractivity contribution < 1.29 is 4.74 Å². The molecule has 0 aliphatic carbocycles. The van der Waals surface area contributed by atoms with Crippen molar-refractivity contribution in [3.63, 3.8) is 0 Å². The number of nitrogen functional groups attached to an aromatic ring is 1. The van der Waals surface area contributed by atoms with Crippen LogP contribution in [0.3, 0.4) is 0 Å². The molecule has 0 radical (unpaired) electrons. The SMILES string of the molecule is N/N=c1/c2ccccc2c(Oc2ccc(Cl)cc2)nn1N. The zero-order valence-corrected chi connectivity index (χ0v) is 11.7. The molecule has 6 nitrogen and oxygen atoms in total. The molecule has 3 aromatic rings. The summed E-state index contributed by atoms with van der Waals surface area (Å²) in [6.07, 6.45) is 0. The van der Waals surface area contributed by atoms with Crippen molar-refractivity contribution >= 4 is 22.4 Å². The number of hydrogen-bond acceptors (Lipinski definition) is 5. The van der Waals surface area contributed by atoms with E-state index in [9.17, 15) is 0 Å². The molecule has 7 heteroatoms. The normalized spacial score (nSPS) is 11.8. The van der Waals surface area contributed by atoms with E-state index in [1.165, 1.54) is 0 Å². The number of hydrogen-bond donors (Lipinski definition) is 2. The average Bonchev–Trinajstić information content (AvgIpc) is 2.50. The largest absolute Gasteiger partial charge is 0.437 e. The zero-order chi connectivity index (χ0) is 14.8. The first kappa shape index (κ1) is 13.3. The molecule has 21 heavy (non-hydrogen) atoms. The molecule has 0 saturated heterocycles. The van der Waals surface area contributed by atoms with Gasteiger partial charge in [-0.3, -0.25) is 0 Å². The summed E-state index contributed by atoms with van der Waals surface area (Å²) in [5.74, 6) is 12.1. The second kappa shape index (κ2) is 5.34. The van der Waals surface area contributed by atoms with Gasteiger partial charge in [0.15, 0.2) is 5.49 Å². The molecule has 106 valence electrons. The molecule has 4 N–H and O–H groups in total. The van der Waals surface area contributed by atoms with E-state index >= 15 is 0 Å². The van der Waals surface area contributed by atoms with Crippen LogP contribution in [-0.2, 0) is 0 Å². The molecule has 0 aliphatic rings. The molecular formula is C14H12ClN5O. The fourth-order valence-corrected chi connectivity index (χ4v) is 2.13. The molecule has 0 atom stereocenters. The molecule has 1 heterocycles. The van der Waals surface area contributed by atoms with Crippen LogP contribution in [0.1, 0.15) is 0 Å². The third kappa shape index (κ3) is 2.48. The van der Waals surface area contributed by atoms with Crippen LogP contribution < -0.4 is 21.9 Å². The lowest BCUT2D eigenvalue weighted by Crippen LogP contribution is -2.32. The fourth-order valence-electron chi connectivity index (χ4n) is 2.01. The van der Waals surface area contributed by atoms with Crippen molar-refractivity contribution in [1.29, 1.82) is 0 Å². The number of rotatable bonds is 2. The Morgan fingerprint density at radius 1 is 1.05 bits per heavy atom. The minimum atomic E-state index is 0.364. The number of ether oxygens (including phenoxy) is 1. The molecule has 3 rings (SSSR count). The number of benzene rings is 2. The maximum atomic E-state index is 5.85. The highest BCUT2D eigenvalue weighted by atomic mass is 35.5. The van der Waals surface area contributed by atoms with E-state index in [-0.39, 0.29) is 0 Å². The van der Waals surface area contributed by atoms with Gasteiger partial charge in [0.2, 0.25) is 5.88 Å². The lowest BCUT2D eigenvalue weighted by atomic mass is 10.2. The molecule has 2 aromatic carbocycles. The predicted octanol–water partition coefficient (Wildman–Crippen LogP) is 1.97. The standard InChI is InChI=1S/C14H12ClN5O/c15-9-5-7-10(8-6-9)21-14-12-4-2-1-3-11(12)13(18-16)20(17)19-14/h1-8H,16-17H2/b18-13-. The second-order valence-electron chi connectivity index (χ2n) is 4.30. The van der Waals surface area contributed by atoms with Gasteiger partial charge < -0.3 is 16.4 Å². The third-order valence-corrected chi connectivity index (χ3v) is 3.22. The first-order chi connectivity index (χ1) is 10.2. The minimum Gasteiger partial charge on any atom is -0.437 e. The molecule has 0 amide bonds. The van der Waals surface area contributed by atoms with E-state index < -0.39 is 0 Å². The van der Waals surface area contributed by atoms with Gasteiger partial charge in [0.25, 0.3) is 0 Å². The quantitative estimate of drug-likeness (QED) is 0.559. The Kier molecular flexibility index (Phi) is 3.37. The summed E-state index contributed by atoms with van der Waals surface area (Å²) >= 11 is 5.85. The van der Waals surface area contributed by atoms with E-state index in [2.05, 4.69) is 10.2 Å². The topological polar surface area (TPSA) is 91.5 Å². The second-order valence-corrected chi connectivity index (χ2v) is 4.74. The maximum absolute atomic E-state index is 5.85. The summed E-state index contributed by atoms with van der Waals surface area (Å²) in [6, 6.07) is 14.4. The van der Waals surface area contributed by atoms with Crippen LogP contribution in [0.25, 0.3) is 10.8 Å². The summed E-state index contributed by atoms with van der Waals surface area (Å²) in [6.45, 7) is 0. The number of nitrogens with zero attached hydrogens (tertiary/aromatic N) is 3. The average molecular weight is 302 g/mol. The summed E-state index contributed by atoms with van der Waals surface area (Å²) in [4.78, 5) is 1.09. The molecule has 0 saturated carbocycles. The van der Waals surface area contributed by atoms with Gasteiger partial charge in [-0.25, -0.2) is 0 Å². The van der Waals surface area contributed by atoms with Gasteiger partial charge >= 0.3 is 0 Å². The van der Waals surface area contributed by atoms with E-state index in [0.29, 0.717) is 22.1 Å². The number of halogens is 1. The van der Waals surface area contributed by atoms with E-state index in [0.717, 1.165) is 15.6 Å². The fraction of sp³-hybridized carbons (Fsp3) is 0. The van der Waals surface area contributed by atoms with Crippen molar-refractivity contribution in [3.05, 3.63) is 59.0 Å². The van der Waals surface area contributed by atoms with Crippen LogP contribution >= 0.6 is 11.6 Å². The van der Waals surface area contributed by atoms with Crippen LogP contribution in [0.2, 0.25) is 5.02 Å². The predicted molar refractivity (Wildman–Crippen MR) is 81.2 cm³/mol. The monoisotopic (exact) mass is 301 g/mol. The summed E-state index contributed by atoms with van der Waals surface area (Å²) in [5, 5.41) is 9.96. The van der Waals surface area contributed by atoms with Crippen molar-refractivity contribution in [2.75, 3.05) is 5.84 Å². The van der Waals surface area contributed by atoms with Crippen molar-refractivity contribution in [2.24, 2.45) is 10.9 Å². The van der Waals surface area contributed by atoms with Crippen molar-refractivity contribution in [3.8, 4) is 11.6 Å². The molecular weight excluding hydrogens is 290 g/mol. The van der Waals surface area contributed by atoms with E-state index in [1.807, 2.05) is 24.3 Å². The molecule has 1 aromatic heterocycles. The van der Waals surface area contributed by atoms with Gasteiger partial charge in [0.1, 0.15) is 5.75 Å². The van der Waals surface area contributed by atoms with E-state index in [1.54, 1.807) is 24.3 Å². The summed E-state index contributed by atoms with van der Waals surface area (Å²) < 4.78 is 5.77. The zero-order valence-electron chi connectivity index (χ0n) is 10.9. The Morgan fingerprint density at radius 2 is 1.71 bits per heavy atom. The van der Waals surface area contributed by atoms with Crippen LogP contribution in [0.5, 0.6) is 11.6 Å². The Morgan fingerprint density at radius 3 is 2.38 bits per heavy atom. The van der Waals surface area contributed by atoms with Crippen LogP contribution in [0, 0.1) is 0 Å². The van der Waals surface area contributed by atoms with Crippen LogP contribution in [0.4, 0.5) is 0 Å². The van der Waals surface area contributed by atoms with Crippen molar-refractivity contribution in [1.82, 2.24) is 9.89 Å². The van der Waals surface area contributed by atoms with Gasteiger partial charge in [0.05, 0.1) is 0 Å². The lowest BCUT2D eigenvalue weighted by molar-refractivity contribution is 0.450. The lowest BCUT2D eigenvalue weighted by Gasteiger charge is -2.10. The molecule has 0 bridgehead atoms. The highest BCUT2D eigenvalue weighted by Crippen LogP contribution is 2.26. The summed E-state index contributed by atoms with van der Waals surface area (Å²) in [7, 11) is 0. The third-order valence-electron chi connectivity index (χ3n) is 2.96. The van der Waals surface area contributed by atoms with Gasteiger partial charge in [-0.1, -0.05) is 29.8 Å². The summed E-state index contributed by atoms with van der Waals surface area (Å²) in [5.41, 5.74) is 0.369. The molecule has 0 unspecified atom stereocenters. The Bertz CT molecular complexity index is 857. The van der Waals surface area contributed by atoms with Gasteiger partial charge in [0, 0.05) is 15.8 Å². The molecule has 0 spiro atoms. The Hall–Kier alpha value is -2.73. The highest BCUT2D eigenvalue weighted by Gasteiger charge is 2.09. The van der Waals surface area contributed by atoms with Crippen LogP contribution in [0.15, 0.2) is 53.6 Å². The van der Waals surface area contributed by atoms with Crippen molar-refractivity contribution in [2.45, 2.75) is 0 Å². The first-order valence-electron chi connectivity index (χ1n) is 6.13. The highest BCUT2D eigenvalue weighted by molar-refractivity contribution is 6.30. The smallest absolute Gasteiger partial charge is 0.246 e.